The van der Waals surface area contributed by atoms with Crippen molar-refractivity contribution >= 4 is 32.7 Å². The number of nitrogens with zero attached hydrogens (tertiary/aromatic N) is 4. The summed E-state index contributed by atoms with van der Waals surface area (Å²) < 4.78 is 0. The Morgan fingerprint density at radius 3 is 2.71 bits per heavy atom. The van der Waals surface area contributed by atoms with Crippen LogP contribution in [0.5, 0.6) is 0 Å². The van der Waals surface area contributed by atoms with Crippen molar-refractivity contribution < 1.29 is 9.59 Å². The molecule has 1 fully saturated rings. The molecule has 3 amide bonds. The van der Waals surface area contributed by atoms with Crippen molar-refractivity contribution in [1.82, 2.24) is 30.2 Å². The van der Waals surface area contributed by atoms with Crippen LogP contribution < -0.4 is 16.4 Å². The van der Waals surface area contributed by atoms with E-state index < -0.39 is 5.54 Å². The van der Waals surface area contributed by atoms with Gasteiger partial charge < -0.3 is 31.1 Å². The van der Waals surface area contributed by atoms with E-state index in [1.807, 2.05) is 42.6 Å². The number of likely N-dealkylation sites (N-methyl/N-ethyl adjacent to an activating group) is 1. The maximum atomic E-state index is 13.1. The van der Waals surface area contributed by atoms with Gasteiger partial charge in [-0.1, -0.05) is 0 Å². The van der Waals surface area contributed by atoms with Gasteiger partial charge in [-0.05, 0) is 65.0 Å². The lowest BCUT2D eigenvalue weighted by molar-refractivity contribution is 0.0714. The minimum atomic E-state index is -0.515. The number of urea groups is 1. The quantitative estimate of drug-likeness (QED) is 0.356. The maximum Gasteiger partial charge on any atom is 0.318 e. The molecule has 5 N–H and O–H groups in total. The molecule has 0 bridgehead atoms. The number of hydrogen-bond donors (Lipinski definition) is 4. The molecule has 1 aromatic carbocycles. The number of benzene rings is 1. The van der Waals surface area contributed by atoms with Crippen LogP contribution in [0.2, 0.25) is 0 Å². The van der Waals surface area contributed by atoms with E-state index in [4.69, 9.17) is 5.73 Å². The Morgan fingerprint density at radius 2 is 2.03 bits per heavy atom. The van der Waals surface area contributed by atoms with E-state index in [2.05, 4.69) is 30.1 Å². The molecule has 0 spiro atoms. The number of nitrogens with one attached hydrogen (secondary N) is 3. The highest BCUT2D eigenvalue weighted by atomic mass is 31.0. The van der Waals surface area contributed by atoms with Gasteiger partial charge in [-0.25, -0.2) is 4.79 Å². The fourth-order valence-electron chi connectivity index (χ4n) is 4.92. The van der Waals surface area contributed by atoms with E-state index >= 15 is 0 Å². The highest BCUT2D eigenvalue weighted by Crippen LogP contribution is 2.40. The number of piperidine rings is 1. The Morgan fingerprint density at radius 1 is 1.31 bits per heavy atom. The molecule has 10 nitrogen and oxygen atoms in total. The predicted molar refractivity (Wildman–Crippen MR) is 141 cm³/mol. The van der Waals surface area contributed by atoms with Crippen LogP contribution in [0.4, 0.5) is 16.3 Å². The molecule has 3 heterocycles. The lowest BCUT2D eigenvalue weighted by atomic mass is 10.0. The first kappa shape index (κ1) is 25.3. The summed E-state index contributed by atoms with van der Waals surface area (Å²) in [5, 5.41) is 14.3. The van der Waals surface area contributed by atoms with Crippen LogP contribution in [0.25, 0.3) is 0 Å². The van der Waals surface area contributed by atoms with Crippen molar-refractivity contribution in [3.8, 4) is 0 Å². The second kappa shape index (κ2) is 10.0. The fourth-order valence-corrected chi connectivity index (χ4v) is 5.48. The number of fused-ring (bicyclic) bond motifs is 1. The monoisotopic (exact) mass is 500 g/mol. The normalized spacial score (nSPS) is 20.0. The summed E-state index contributed by atoms with van der Waals surface area (Å²) in [5.41, 5.74) is 8.47. The summed E-state index contributed by atoms with van der Waals surface area (Å²) in [6.07, 6.45) is 1.85. The third kappa shape index (κ3) is 5.38. The molecule has 11 heteroatoms. The number of nitrogen functional groups attached to an aromatic ring is 1. The van der Waals surface area contributed by atoms with Crippen LogP contribution in [0.15, 0.2) is 24.3 Å². The van der Waals surface area contributed by atoms with Crippen LogP contribution in [0, 0.1) is 0 Å². The summed E-state index contributed by atoms with van der Waals surface area (Å²) >= 11 is 0. The van der Waals surface area contributed by atoms with Crippen LogP contribution in [-0.4, -0.2) is 82.4 Å². The SMILES string of the molecule is CN(C)C[C@H](P)NC(=O)N1Cc2c(NC3CCCN(C(=O)c4ccc(N)cc4)C3)n[nH]c2C1(C)C. The maximum absolute atomic E-state index is 13.1. The first-order valence-electron chi connectivity index (χ1n) is 12.0. The van der Waals surface area contributed by atoms with Crippen LogP contribution >= 0.6 is 9.24 Å². The molecule has 1 aromatic heterocycles. The topological polar surface area (TPSA) is 123 Å². The number of hydrogen-bond acceptors (Lipinski definition) is 6. The highest BCUT2D eigenvalue weighted by Gasteiger charge is 2.44. The average Bonchev–Trinajstić information content (AvgIpc) is 3.31. The number of nitrogens with two attached hydrogens (primary N) is 1. The molecular formula is C24H37N8O2P. The predicted octanol–water partition coefficient (Wildman–Crippen LogP) is 2.23. The number of H-pyrrole nitrogens is 1. The van der Waals surface area contributed by atoms with Gasteiger partial charge in [-0.15, -0.1) is 9.24 Å². The Labute approximate surface area is 209 Å². The number of aromatic nitrogens is 2. The van der Waals surface area contributed by atoms with Gasteiger partial charge in [0.25, 0.3) is 5.91 Å². The molecule has 0 saturated carbocycles. The standard InChI is InChI=1S/C24H37N8O2P/c1-24(2)20-18(13-32(24)23(34)27-19(35)14-30(3)4)21(29-28-20)26-17-6-5-11-31(12-17)22(33)15-7-9-16(25)10-8-15/h7-10,17,19H,5-6,11-14,25,35H2,1-4H3,(H,27,34)(H2,26,28,29)/t17?,19-/m0/s1. The number of amides is 3. The molecular weight excluding hydrogens is 463 g/mol. The Balaban J connectivity index is 1.42. The van der Waals surface area contributed by atoms with Gasteiger partial charge in [-0.2, -0.15) is 5.10 Å². The highest BCUT2D eigenvalue weighted by molar-refractivity contribution is 7.17. The summed E-state index contributed by atoms with van der Waals surface area (Å²) in [6, 6.07) is 7.03. The molecule has 35 heavy (non-hydrogen) atoms. The number of carbonyl (C=O) groups excluding carboxylic acids is 2. The summed E-state index contributed by atoms with van der Waals surface area (Å²) in [7, 11) is 6.65. The Bertz CT molecular complexity index is 1070. The van der Waals surface area contributed by atoms with Crippen molar-refractivity contribution in [1.29, 1.82) is 0 Å². The molecule has 3 atom stereocenters. The van der Waals surface area contributed by atoms with Gasteiger partial charge in [0.1, 0.15) is 0 Å². The molecule has 0 aliphatic carbocycles. The van der Waals surface area contributed by atoms with E-state index in [-0.39, 0.29) is 23.8 Å². The van der Waals surface area contributed by atoms with Crippen molar-refractivity contribution in [2.24, 2.45) is 0 Å². The van der Waals surface area contributed by atoms with Gasteiger partial charge in [0.2, 0.25) is 0 Å². The van der Waals surface area contributed by atoms with E-state index in [0.717, 1.165) is 43.0 Å². The number of likely N-dealkylation sites (tertiary alicyclic amines) is 1. The zero-order chi connectivity index (χ0) is 25.3. The zero-order valence-corrected chi connectivity index (χ0v) is 22.1. The smallest absolute Gasteiger partial charge is 0.318 e. The van der Waals surface area contributed by atoms with E-state index in [0.29, 0.717) is 24.3 Å². The van der Waals surface area contributed by atoms with Gasteiger partial charge in [0, 0.05) is 42.5 Å². The minimum Gasteiger partial charge on any atom is -0.399 e. The molecule has 2 unspecified atom stereocenters. The lowest BCUT2D eigenvalue weighted by Gasteiger charge is -2.34. The van der Waals surface area contributed by atoms with Gasteiger partial charge in [0.15, 0.2) is 5.82 Å². The lowest BCUT2D eigenvalue weighted by Crippen LogP contribution is -2.49. The van der Waals surface area contributed by atoms with Crippen molar-refractivity contribution in [3.05, 3.63) is 41.1 Å². The summed E-state index contributed by atoms with van der Waals surface area (Å²) in [6.45, 7) is 6.57. The molecule has 1 saturated heterocycles. The number of aromatic amines is 1. The van der Waals surface area contributed by atoms with E-state index in [1.54, 1.807) is 24.3 Å². The summed E-state index contributed by atoms with van der Waals surface area (Å²) in [5.74, 6) is 0.720. The number of carbonyl (C=O) groups is 2. The molecule has 2 aromatic rings. The number of anilines is 2. The second-order valence-electron chi connectivity index (χ2n) is 10.2. The Hall–Kier alpha value is -2.84. The molecule has 0 radical (unpaired) electrons. The minimum absolute atomic E-state index is 0.0115. The van der Waals surface area contributed by atoms with Crippen LogP contribution in [0.1, 0.15) is 48.3 Å². The second-order valence-corrected chi connectivity index (χ2v) is 11.1. The third-order valence-electron chi connectivity index (χ3n) is 6.79. The number of rotatable bonds is 6. The van der Waals surface area contributed by atoms with E-state index in [1.165, 1.54) is 0 Å². The van der Waals surface area contributed by atoms with Gasteiger partial charge in [0.05, 0.1) is 23.6 Å². The van der Waals surface area contributed by atoms with E-state index in [9.17, 15) is 9.59 Å². The Kier molecular flexibility index (Phi) is 7.24. The van der Waals surface area contributed by atoms with Crippen molar-refractivity contribution in [3.63, 3.8) is 0 Å². The van der Waals surface area contributed by atoms with Crippen molar-refractivity contribution in [2.45, 2.75) is 50.6 Å². The first-order valence-corrected chi connectivity index (χ1v) is 12.7. The molecule has 4 rings (SSSR count). The first-order chi connectivity index (χ1) is 16.6. The molecule has 2 aliphatic rings. The van der Waals surface area contributed by atoms with Gasteiger partial charge >= 0.3 is 6.03 Å². The fraction of sp³-hybridized carbons (Fsp3) is 0.542. The third-order valence-corrected chi connectivity index (χ3v) is 7.17. The largest absolute Gasteiger partial charge is 0.399 e. The van der Waals surface area contributed by atoms with Crippen molar-refractivity contribution in [2.75, 3.05) is 44.8 Å². The van der Waals surface area contributed by atoms with Gasteiger partial charge in [-0.3, -0.25) is 9.89 Å². The average molecular weight is 501 g/mol. The van der Waals surface area contributed by atoms with Crippen LogP contribution in [-0.2, 0) is 12.1 Å². The zero-order valence-electron chi connectivity index (χ0n) is 21.0. The van der Waals surface area contributed by atoms with Crippen LogP contribution in [0.3, 0.4) is 0 Å². The molecule has 2 aliphatic heterocycles. The summed E-state index contributed by atoms with van der Waals surface area (Å²) in [4.78, 5) is 31.8. The molecule has 190 valence electrons.